The minimum Gasteiger partial charge on any atom is -0.361 e. The van der Waals surface area contributed by atoms with Gasteiger partial charge >= 0.3 is 0 Å². The van der Waals surface area contributed by atoms with Gasteiger partial charge in [-0.2, -0.15) is 0 Å². The number of hydrogen-bond donors (Lipinski definition) is 1. The predicted octanol–water partition coefficient (Wildman–Crippen LogP) is 3.06. The smallest absolute Gasteiger partial charge is 0.156 e. The van der Waals surface area contributed by atoms with Gasteiger partial charge in [0, 0.05) is 18.8 Å². The Morgan fingerprint density at radius 1 is 1.50 bits per heavy atom. The molecule has 2 nitrogen and oxygen atoms in total. The van der Waals surface area contributed by atoms with Gasteiger partial charge < -0.3 is 5.32 Å². The van der Waals surface area contributed by atoms with Crippen LogP contribution in [0.5, 0.6) is 0 Å². The standard InChI is InChI=1S/C11H12ClFN2S/c12-9-6-8(2-3-10(9)13)7-15-11-14-4-1-5-16-11/h2-3,6H,1,4-5,7H2,(H,14,15). The summed E-state index contributed by atoms with van der Waals surface area (Å²) >= 11 is 7.42. The second kappa shape index (κ2) is 5.55. The molecular formula is C11H12ClFN2S. The summed E-state index contributed by atoms with van der Waals surface area (Å²) in [5, 5.41) is 4.35. The van der Waals surface area contributed by atoms with E-state index in [4.69, 9.17) is 11.6 Å². The molecule has 16 heavy (non-hydrogen) atoms. The van der Waals surface area contributed by atoms with E-state index in [1.165, 1.54) is 6.07 Å². The number of thioether (sulfide) groups is 1. The van der Waals surface area contributed by atoms with Gasteiger partial charge in [-0.25, -0.2) is 4.39 Å². The van der Waals surface area contributed by atoms with Gasteiger partial charge in [-0.05, 0) is 24.1 Å². The highest BCUT2D eigenvalue weighted by Crippen LogP contribution is 2.16. The van der Waals surface area contributed by atoms with Crippen molar-refractivity contribution in [2.24, 2.45) is 4.99 Å². The van der Waals surface area contributed by atoms with Gasteiger partial charge in [-0.1, -0.05) is 29.4 Å². The van der Waals surface area contributed by atoms with E-state index in [1.807, 2.05) is 0 Å². The number of aliphatic imine (C=N–C) groups is 1. The molecule has 2 rings (SSSR count). The summed E-state index contributed by atoms with van der Waals surface area (Å²) in [7, 11) is 0. The summed E-state index contributed by atoms with van der Waals surface area (Å²) in [4.78, 5) is 4.35. The fourth-order valence-corrected chi connectivity index (χ4v) is 2.42. The molecule has 1 heterocycles. The molecule has 5 heteroatoms. The Bertz CT molecular complexity index is 409. The van der Waals surface area contributed by atoms with E-state index in [2.05, 4.69) is 10.3 Å². The third-order valence-electron chi connectivity index (χ3n) is 2.22. The number of benzene rings is 1. The largest absolute Gasteiger partial charge is 0.361 e. The summed E-state index contributed by atoms with van der Waals surface area (Å²) in [6.45, 7) is 1.52. The zero-order valence-corrected chi connectivity index (χ0v) is 10.2. The Balaban J connectivity index is 1.94. The first-order valence-electron chi connectivity index (χ1n) is 5.11. The normalized spacial score (nSPS) is 15.8. The molecule has 0 aliphatic carbocycles. The molecule has 0 bridgehead atoms. The lowest BCUT2D eigenvalue weighted by atomic mass is 10.2. The fourth-order valence-electron chi connectivity index (χ4n) is 1.39. The number of nitrogens with one attached hydrogen (secondary N) is 1. The van der Waals surface area contributed by atoms with Crippen molar-refractivity contribution >= 4 is 28.5 Å². The predicted molar refractivity (Wildman–Crippen MR) is 67.6 cm³/mol. The first-order chi connectivity index (χ1) is 7.75. The van der Waals surface area contributed by atoms with Crippen molar-refractivity contribution in [3.8, 4) is 0 Å². The van der Waals surface area contributed by atoms with E-state index in [0.29, 0.717) is 6.54 Å². The van der Waals surface area contributed by atoms with Crippen LogP contribution >= 0.6 is 23.4 Å². The van der Waals surface area contributed by atoms with Crippen molar-refractivity contribution < 1.29 is 4.39 Å². The van der Waals surface area contributed by atoms with E-state index in [-0.39, 0.29) is 10.8 Å². The maximum Gasteiger partial charge on any atom is 0.156 e. The van der Waals surface area contributed by atoms with E-state index < -0.39 is 0 Å². The topological polar surface area (TPSA) is 24.4 Å². The summed E-state index contributed by atoms with van der Waals surface area (Å²) in [6.07, 6.45) is 1.14. The van der Waals surface area contributed by atoms with Crippen molar-refractivity contribution in [1.29, 1.82) is 0 Å². The number of rotatable bonds is 2. The highest BCUT2D eigenvalue weighted by molar-refractivity contribution is 8.13. The molecular weight excluding hydrogens is 247 g/mol. The number of halogens is 2. The van der Waals surface area contributed by atoms with Gasteiger partial charge in [0.05, 0.1) is 5.02 Å². The van der Waals surface area contributed by atoms with Crippen molar-refractivity contribution in [2.45, 2.75) is 13.0 Å². The summed E-state index contributed by atoms with van der Waals surface area (Å²) in [5.41, 5.74) is 0.959. The van der Waals surface area contributed by atoms with Crippen molar-refractivity contribution in [3.63, 3.8) is 0 Å². The molecule has 1 aliphatic rings. The van der Waals surface area contributed by atoms with Gasteiger partial charge in [0.1, 0.15) is 5.82 Å². The zero-order chi connectivity index (χ0) is 11.4. The van der Waals surface area contributed by atoms with E-state index in [0.717, 1.165) is 29.4 Å². The molecule has 0 spiro atoms. The van der Waals surface area contributed by atoms with Crippen molar-refractivity contribution in [2.75, 3.05) is 12.3 Å². The van der Waals surface area contributed by atoms with Gasteiger partial charge in [-0.3, -0.25) is 4.99 Å². The van der Waals surface area contributed by atoms with Crippen LogP contribution < -0.4 is 5.32 Å². The van der Waals surface area contributed by atoms with E-state index in [1.54, 1.807) is 23.9 Å². The van der Waals surface area contributed by atoms with Gasteiger partial charge in [0.2, 0.25) is 0 Å². The average Bonchev–Trinajstić information content (AvgIpc) is 2.32. The van der Waals surface area contributed by atoms with Crippen LogP contribution in [0.4, 0.5) is 4.39 Å². The molecule has 0 atom stereocenters. The molecule has 1 aliphatic heterocycles. The van der Waals surface area contributed by atoms with Crippen molar-refractivity contribution in [3.05, 3.63) is 34.6 Å². The number of hydrogen-bond acceptors (Lipinski definition) is 3. The minimum atomic E-state index is -0.380. The Morgan fingerprint density at radius 2 is 2.38 bits per heavy atom. The lowest BCUT2D eigenvalue weighted by molar-refractivity contribution is 0.627. The maximum absolute atomic E-state index is 12.9. The zero-order valence-electron chi connectivity index (χ0n) is 8.67. The lowest BCUT2D eigenvalue weighted by Crippen LogP contribution is -2.22. The molecule has 0 saturated carbocycles. The molecule has 0 amide bonds. The highest BCUT2D eigenvalue weighted by atomic mass is 35.5. The SMILES string of the molecule is Fc1ccc(CNC2=NCCCS2)cc1Cl. The third kappa shape index (κ3) is 3.12. The summed E-state index contributed by atoms with van der Waals surface area (Å²) in [6, 6.07) is 4.75. The van der Waals surface area contributed by atoms with Crippen molar-refractivity contribution in [1.82, 2.24) is 5.32 Å². The average molecular weight is 259 g/mol. The Hall–Kier alpha value is -0.740. The maximum atomic E-state index is 12.9. The van der Waals surface area contributed by atoms with Gasteiger partial charge in [0.15, 0.2) is 5.17 Å². The molecule has 0 fully saturated rings. The molecule has 0 unspecified atom stereocenters. The first-order valence-corrected chi connectivity index (χ1v) is 6.47. The van der Waals surface area contributed by atoms with E-state index >= 15 is 0 Å². The monoisotopic (exact) mass is 258 g/mol. The number of amidine groups is 1. The van der Waals surface area contributed by atoms with Crippen LogP contribution in [0.15, 0.2) is 23.2 Å². The minimum absolute atomic E-state index is 0.164. The molecule has 1 aromatic rings. The van der Waals surface area contributed by atoms with Gasteiger partial charge in [-0.15, -0.1) is 0 Å². The fraction of sp³-hybridized carbons (Fsp3) is 0.364. The van der Waals surface area contributed by atoms with Crippen LogP contribution in [0.1, 0.15) is 12.0 Å². The van der Waals surface area contributed by atoms with Crippen LogP contribution in [0.3, 0.4) is 0 Å². The molecule has 1 N–H and O–H groups in total. The van der Waals surface area contributed by atoms with Crippen LogP contribution in [0, 0.1) is 5.82 Å². The molecule has 1 aromatic carbocycles. The number of nitrogens with zero attached hydrogens (tertiary/aromatic N) is 1. The van der Waals surface area contributed by atoms with Gasteiger partial charge in [0.25, 0.3) is 0 Å². The third-order valence-corrected chi connectivity index (χ3v) is 3.55. The molecule has 0 radical (unpaired) electrons. The van der Waals surface area contributed by atoms with Crippen LogP contribution in [-0.4, -0.2) is 17.5 Å². The van der Waals surface area contributed by atoms with E-state index in [9.17, 15) is 4.39 Å². The quantitative estimate of drug-likeness (QED) is 0.882. The summed E-state index contributed by atoms with van der Waals surface area (Å²) in [5.74, 6) is 0.727. The first kappa shape index (κ1) is 11.7. The van der Waals surface area contributed by atoms with Crippen LogP contribution in [-0.2, 0) is 6.54 Å². The second-order valence-electron chi connectivity index (χ2n) is 3.49. The Morgan fingerprint density at radius 3 is 3.06 bits per heavy atom. The summed E-state index contributed by atoms with van der Waals surface area (Å²) < 4.78 is 12.9. The Kier molecular flexibility index (Phi) is 4.07. The Labute approximate surface area is 103 Å². The van der Waals surface area contributed by atoms with Crippen LogP contribution in [0.2, 0.25) is 5.02 Å². The lowest BCUT2D eigenvalue weighted by Gasteiger charge is -2.13. The molecule has 0 saturated heterocycles. The molecule has 86 valence electrons. The highest BCUT2D eigenvalue weighted by Gasteiger charge is 2.06. The van der Waals surface area contributed by atoms with Crippen LogP contribution in [0.25, 0.3) is 0 Å². The molecule has 0 aromatic heterocycles. The second-order valence-corrected chi connectivity index (χ2v) is 4.98.